The highest BCUT2D eigenvalue weighted by Crippen LogP contribution is 2.21. The molecule has 0 atom stereocenters. The fraction of sp³-hybridized carbons (Fsp3) is 0.333. The van der Waals surface area contributed by atoms with Crippen LogP contribution in [0.2, 0.25) is 0 Å². The van der Waals surface area contributed by atoms with Gasteiger partial charge < -0.3 is 14.8 Å². The lowest BCUT2D eigenvalue weighted by Crippen LogP contribution is -2.36. The molecule has 3 aromatic rings. The highest BCUT2D eigenvalue weighted by Gasteiger charge is 2.16. The number of aryl methyl sites for hydroxylation is 1. The summed E-state index contributed by atoms with van der Waals surface area (Å²) in [5.74, 6) is -0.201. The molecule has 3 rings (SSSR count). The van der Waals surface area contributed by atoms with E-state index in [-0.39, 0.29) is 30.7 Å². The molecule has 6 nitrogen and oxygen atoms in total. The second-order valence-electron chi connectivity index (χ2n) is 7.11. The largest absolute Gasteiger partial charge is 0.396 e. The van der Waals surface area contributed by atoms with Gasteiger partial charge in [0.25, 0.3) is 5.56 Å². The van der Waals surface area contributed by atoms with E-state index in [9.17, 15) is 14.7 Å². The van der Waals surface area contributed by atoms with Crippen molar-refractivity contribution in [2.24, 2.45) is 0 Å². The Hall–Kier alpha value is -2.86. The number of carbonyl (C=O) groups excluding carboxylic acids is 1. The molecule has 1 aromatic carbocycles. The van der Waals surface area contributed by atoms with E-state index in [1.165, 1.54) is 4.57 Å². The van der Waals surface area contributed by atoms with Crippen molar-refractivity contribution in [2.45, 2.75) is 39.8 Å². The van der Waals surface area contributed by atoms with Crippen LogP contribution in [0.25, 0.3) is 16.8 Å². The molecule has 0 spiro atoms. The van der Waals surface area contributed by atoms with Gasteiger partial charge >= 0.3 is 0 Å². The zero-order chi connectivity index (χ0) is 19.6. The molecule has 2 aromatic heterocycles. The molecule has 0 bridgehead atoms. The molecule has 27 heavy (non-hydrogen) atoms. The molecule has 1 amide bonds. The van der Waals surface area contributed by atoms with Gasteiger partial charge in [0.1, 0.15) is 12.1 Å². The van der Waals surface area contributed by atoms with Crippen molar-refractivity contribution in [3.05, 3.63) is 64.2 Å². The number of benzene rings is 1. The molecule has 0 aliphatic rings. The lowest BCUT2D eigenvalue weighted by Gasteiger charge is -2.15. The Morgan fingerprint density at radius 3 is 2.67 bits per heavy atom. The zero-order valence-electron chi connectivity index (χ0n) is 15.9. The SMILES string of the molecule is Cc1cccc(-c2cn3cc(CCO)cc3c(=O)n2CC(=O)NC(C)C)c1. The Labute approximate surface area is 158 Å². The number of nitrogens with zero attached hydrogens (tertiary/aromatic N) is 2. The number of nitrogens with one attached hydrogen (secondary N) is 1. The highest BCUT2D eigenvalue weighted by atomic mass is 16.3. The molecule has 0 aliphatic heterocycles. The number of fused-ring (bicyclic) bond motifs is 1. The molecule has 142 valence electrons. The van der Waals surface area contributed by atoms with Crippen LogP contribution in [0.3, 0.4) is 0 Å². The number of carbonyl (C=O) groups is 1. The Kier molecular flexibility index (Phi) is 5.46. The van der Waals surface area contributed by atoms with Crippen molar-refractivity contribution in [1.29, 1.82) is 0 Å². The second-order valence-corrected chi connectivity index (χ2v) is 7.11. The molecule has 0 fully saturated rings. The van der Waals surface area contributed by atoms with Crippen molar-refractivity contribution in [2.75, 3.05) is 6.61 Å². The van der Waals surface area contributed by atoms with E-state index in [1.54, 1.807) is 10.5 Å². The molecule has 2 heterocycles. The van der Waals surface area contributed by atoms with Crippen molar-refractivity contribution < 1.29 is 9.90 Å². The summed E-state index contributed by atoms with van der Waals surface area (Å²) < 4.78 is 3.30. The first-order valence-electron chi connectivity index (χ1n) is 9.10. The van der Waals surface area contributed by atoms with Crippen molar-refractivity contribution in [1.82, 2.24) is 14.3 Å². The van der Waals surface area contributed by atoms with Crippen LogP contribution in [0, 0.1) is 6.92 Å². The lowest BCUT2D eigenvalue weighted by molar-refractivity contribution is -0.122. The smallest absolute Gasteiger partial charge is 0.275 e. The zero-order valence-corrected chi connectivity index (χ0v) is 15.9. The van der Waals surface area contributed by atoms with E-state index in [4.69, 9.17) is 0 Å². The van der Waals surface area contributed by atoms with E-state index in [1.807, 2.05) is 57.4 Å². The normalized spacial score (nSPS) is 11.3. The first kappa shape index (κ1) is 18.9. The molecule has 0 radical (unpaired) electrons. The third-order valence-corrected chi connectivity index (χ3v) is 4.39. The molecular formula is C21H25N3O3. The van der Waals surface area contributed by atoms with Gasteiger partial charge in [-0.05, 0) is 44.9 Å². The van der Waals surface area contributed by atoms with Crippen LogP contribution >= 0.6 is 0 Å². The quantitative estimate of drug-likeness (QED) is 0.701. The van der Waals surface area contributed by atoms with Crippen LogP contribution in [-0.4, -0.2) is 32.6 Å². The third kappa shape index (κ3) is 4.11. The average Bonchev–Trinajstić information content (AvgIpc) is 3.00. The number of amides is 1. The number of hydrogen-bond donors (Lipinski definition) is 2. The summed E-state index contributed by atoms with van der Waals surface area (Å²) in [6, 6.07) is 9.63. The fourth-order valence-corrected chi connectivity index (χ4v) is 3.23. The molecule has 0 saturated carbocycles. The van der Waals surface area contributed by atoms with Gasteiger partial charge in [-0.1, -0.05) is 23.8 Å². The summed E-state index contributed by atoms with van der Waals surface area (Å²) in [5, 5.41) is 12.0. The minimum atomic E-state index is -0.225. The van der Waals surface area contributed by atoms with E-state index < -0.39 is 0 Å². The standard InChI is InChI=1S/C21H25N3O3/c1-14(2)22-20(26)13-24-19(17-6-4-5-15(3)9-17)12-23-11-16(7-8-25)10-18(23)21(24)27/h4-6,9-12,14,25H,7-8,13H2,1-3H3,(H,22,26). The summed E-state index contributed by atoms with van der Waals surface area (Å²) >= 11 is 0. The summed E-state index contributed by atoms with van der Waals surface area (Å²) in [5.41, 5.74) is 3.79. The van der Waals surface area contributed by atoms with Crippen LogP contribution in [0.15, 0.2) is 47.5 Å². The number of aliphatic hydroxyl groups excluding tert-OH is 1. The maximum absolute atomic E-state index is 13.1. The van der Waals surface area contributed by atoms with Gasteiger partial charge in [0, 0.05) is 30.6 Å². The Morgan fingerprint density at radius 2 is 2.00 bits per heavy atom. The number of aliphatic hydroxyl groups is 1. The maximum Gasteiger partial charge on any atom is 0.275 e. The first-order valence-corrected chi connectivity index (χ1v) is 9.10. The molecular weight excluding hydrogens is 342 g/mol. The van der Waals surface area contributed by atoms with Crippen molar-refractivity contribution in [3.8, 4) is 11.3 Å². The summed E-state index contributed by atoms with van der Waals surface area (Å²) in [6.07, 6.45) is 4.20. The minimum absolute atomic E-state index is 0.00353. The van der Waals surface area contributed by atoms with Gasteiger partial charge in [-0.3, -0.25) is 14.2 Å². The number of aromatic nitrogens is 2. The van der Waals surface area contributed by atoms with Gasteiger partial charge in [-0.25, -0.2) is 0 Å². The number of rotatable bonds is 6. The predicted molar refractivity (Wildman–Crippen MR) is 106 cm³/mol. The summed E-state index contributed by atoms with van der Waals surface area (Å²) in [6.45, 7) is 5.74. The molecule has 0 unspecified atom stereocenters. The predicted octanol–water partition coefficient (Wildman–Crippen LogP) is 2.14. The van der Waals surface area contributed by atoms with E-state index in [2.05, 4.69) is 5.32 Å². The van der Waals surface area contributed by atoms with Crippen LogP contribution < -0.4 is 10.9 Å². The Bertz CT molecular complexity index is 1030. The van der Waals surface area contributed by atoms with Crippen LogP contribution in [0.5, 0.6) is 0 Å². The Morgan fingerprint density at radius 1 is 1.22 bits per heavy atom. The molecule has 6 heteroatoms. The van der Waals surface area contributed by atoms with Gasteiger partial charge in [0.2, 0.25) is 5.91 Å². The topological polar surface area (TPSA) is 75.7 Å². The molecule has 0 saturated heterocycles. The average molecular weight is 367 g/mol. The minimum Gasteiger partial charge on any atom is -0.396 e. The molecule has 2 N–H and O–H groups in total. The van der Waals surface area contributed by atoms with Gasteiger partial charge in [0.15, 0.2) is 0 Å². The fourth-order valence-electron chi connectivity index (χ4n) is 3.23. The van der Waals surface area contributed by atoms with Crippen LogP contribution in [0.4, 0.5) is 0 Å². The Balaban J connectivity index is 2.19. The maximum atomic E-state index is 13.1. The van der Waals surface area contributed by atoms with Gasteiger partial charge in [0.05, 0.1) is 5.69 Å². The highest BCUT2D eigenvalue weighted by molar-refractivity contribution is 5.77. The van der Waals surface area contributed by atoms with Gasteiger partial charge in [-0.2, -0.15) is 0 Å². The van der Waals surface area contributed by atoms with Crippen LogP contribution in [0.1, 0.15) is 25.0 Å². The van der Waals surface area contributed by atoms with Gasteiger partial charge in [-0.15, -0.1) is 0 Å². The van der Waals surface area contributed by atoms with E-state index >= 15 is 0 Å². The monoisotopic (exact) mass is 367 g/mol. The third-order valence-electron chi connectivity index (χ3n) is 4.39. The summed E-state index contributed by atoms with van der Waals surface area (Å²) in [7, 11) is 0. The van der Waals surface area contributed by atoms with Crippen molar-refractivity contribution in [3.63, 3.8) is 0 Å². The van der Waals surface area contributed by atoms with Crippen molar-refractivity contribution >= 4 is 11.4 Å². The van der Waals surface area contributed by atoms with E-state index in [0.717, 1.165) is 16.7 Å². The second kappa shape index (κ2) is 7.80. The number of hydrogen-bond acceptors (Lipinski definition) is 3. The molecule has 0 aliphatic carbocycles. The lowest BCUT2D eigenvalue weighted by atomic mass is 10.1. The summed E-state index contributed by atoms with van der Waals surface area (Å²) in [4.78, 5) is 25.5. The first-order chi connectivity index (χ1) is 12.9. The van der Waals surface area contributed by atoms with E-state index in [0.29, 0.717) is 17.6 Å². The van der Waals surface area contributed by atoms with Crippen LogP contribution in [-0.2, 0) is 17.8 Å².